The van der Waals surface area contributed by atoms with Gasteiger partial charge in [-0.15, -0.1) is 0 Å². The minimum absolute atomic E-state index is 0.373. The normalized spacial score (nSPS) is 11.9. The summed E-state index contributed by atoms with van der Waals surface area (Å²) in [7, 11) is 1.26. The van der Waals surface area contributed by atoms with Crippen molar-refractivity contribution in [3.05, 3.63) is 80.7 Å². The van der Waals surface area contributed by atoms with Crippen LogP contribution in [-0.2, 0) is 9.53 Å². The number of esters is 1. The van der Waals surface area contributed by atoms with Gasteiger partial charge in [-0.25, -0.2) is 0 Å². The standard InChI is InChI=1S/C20H16O4S2/c1-24-20(23)16(13-5-3-2-4-6-13)17(18(21)14-7-9-25-11-14)19(22)15-8-10-26-12-15/h2-12,16-17H,1H3. The Morgan fingerprint density at radius 2 is 1.38 bits per heavy atom. The van der Waals surface area contributed by atoms with E-state index < -0.39 is 17.8 Å². The molecule has 1 aromatic carbocycles. The zero-order valence-corrected chi connectivity index (χ0v) is 15.6. The summed E-state index contributed by atoms with van der Waals surface area (Å²) < 4.78 is 4.94. The molecule has 0 aliphatic heterocycles. The Labute approximate surface area is 159 Å². The molecule has 132 valence electrons. The van der Waals surface area contributed by atoms with Crippen LogP contribution in [0.2, 0.25) is 0 Å². The van der Waals surface area contributed by atoms with Crippen LogP contribution in [-0.4, -0.2) is 24.6 Å². The maximum Gasteiger partial charge on any atom is 0.314 e. The van der Waals surface area contributed by atoms with Crippen LogP contribution in [0.1, 0.15) is 32.2 Å². The number of rotatable bonds is 7. The van der Waals surface area contributed by atoms with E-state index in [-0.39, 0.29) is 11.6 Å². The summed E-state index contributed by atoms with van der Waals surface area (Å²) in [5.74, 6) is -3.52. The van der Waals surface area contributed by atoms with Crippen molar-refractivity contribution < 1.29 is 19.1 Å². The molecule has 3 rings (SSSR count). The lowest BCUT2D eigenvalue weighted by molar-refractivity contribution is -0.143. The molecule has 0 bridgehead atoms. The highest BCUT2D eigenvalue weighted by Gasteiger charge is 2.41. The molecular formula is C20H16O4S2. The fourth-order valence-corrected chi connectivity index (χ4v) is 4.13. The van der Waals surface area contributed by atoms with Crippen molar-refractivity contribution in [3.63, 3.8) is 0 Å². The Bertz CT molecular complexity index is 837. The average Bonchev–Trinajstić information content (AvgIpc) is 3.39. The third kappa shape index (κ3) is 3.66. The molecule has 0 N–H and O–H groups in total. The van der Waals surface area contributed by atoms with Crippen molar-refractivity contribution >= 4 is 40.2 Å². The first-order valence-electron chi connectivity index (χ1n) is 7.89. The lowest BCUT2D eigenvalue weighted by atomic mass is 9.77. The summed E-state index contributed by atoms with van der Waals surface area (Å²) in [5.41, 5.74) is 1.43. The number of hydrogen-bond donors (Lipinski definition) is 0. The Balaban J connectivity index is 2.12. The number of hydrogen-bond acceptors (Lipinski definition) is 6. The van der Waals surface area contributed by atoms with Gasteiger partial charge in [0, 0.05) is 21.9 Å². The first kappa shape index (κ1) is 18.2. The zero-order chi connectivity index (χ0) is 18.5. The number of thiophene rings is 2. The van der Waals surface area contributed by atoms with Crippen LogP contribution >= 0.6 is 22.7 Å². The first-order valence-corrected chi connectivity index (χ1v) is 9.77. The molecule has 2 heterocycles. The van der Waals surface area contributed by atoms with Gasteiger partial charge < -0.3 is 4.74 Å². The summed E-state index contributed by atoms with van der Waals surface area (Å²) in [5, 5.41) is 6.93. The van der Waals surface area contributed by atoms with Crippen molar-refractivity contribution in [1.82, 2.24) is 0 Å². The lowest BCUT2D eigenvalue weighted by Gasteiger charge is -2.23. The smallest absolute Gasteiger partial charge is 0.314 e. The molecule has 2 aromatic heterocycles. The summed E-state index contributed by atoms with van der Waals surface area (Å²) in [6, 6.07) is 12.2. The predicted molar refractivity (Wildman–Crippen MR) is 102 cm³/mol. The lowest BCUT2D eigenvalue weighted by Crippen LogP contribution is -2.35. The van der Waals surface area contributed by atoms with Crippen LogP contribution < -0.4 is 0 Å². The monoisotopic (exact) mass is 384 g/mol. The number of methoxy groups -OCH3 is 1. The molecule has 26 heavy (non-hydrogen) atoms. The van der Waals surface area contributed by atoms with E-state index >= 15 is 0 Å². The van der Waals surface area contributed by atoms with Gasteiger partial charge in [-0.3, -0.25) is 14.4 Å². The average molecular weight is 384 g/mol. The van der Waals surface area contributed by atoms with Gasteiger partial charge in [-0.05, 0) is 28.5 Å². The van der Waals surface area contributed by atoms with Gasteiger partial charge in [0.05, 0.1) is 13.0 Å². The van der Waals surface area contributed by atoms with E-state index in [0.29, 0.717) is 16.7 Å². The molecule has 3 aromatic rings. The van der Waals surface area contributed by atoms with Gasteiger partial charge in [0.2, 0.25) is 0 Å². The Morgan fingerprint density at radius 3 is 1.81 bits per heavy atom. The maximum absolute atomic E-state index is 13.2. The van der Waals surface area contributed by atoms with Gasteiger partial charge in [0.15, 0.2) is 11.6 Å². The molecule has 6 heteroatoms. The number of carbonyl (C=O) groups excluding carboxylic acids is 3. The minimum atomic E-state index is -1.17. The van der Waals surface area contributed by atoms with E-state index in [1.165, 1.54) is 29.8 Å². The third-order valence-corrected chi connectivity index (χ3v) is 5.49. The number of carbonyl (C=O) groups is 3. The second-order valence-corrected chi connectivity index (χ2v) is 7.20. The van der Waals surface area contributed by atoms with Crippen molar-refractivity contribution in [3.8, 4) is 0 Å². The van der Waals surface area contributed by atoms with Crippen LogP contribution in [0.5, 0.6) is 0 Å². The number of Topliss-reactive ketones (excluding diaryl/α,β-unsaturated/α-hetero) is 2. The Morgan fingerprint density at radius 1 is 0.846 bits per heavy atom. The molecule has 0 fully saturated rings. The van der Waals surface area contributed by atoms with E-state index in [0.717, 1.165) is 0 Å². The van der Waals surface area contributed by atoms with Gasteiger partial charge in [-0.2, -0.15) is 22.7 Å². The summed E-state index contributed by atoms with van der Waals surface area (Å²) in [6.45, 7) is 0. The van der Waals surface area contributed by atoms with Gasteiger partial charge in [0.1, 0.15) is 5.92 Å². The molecule has 0 radical (unpaired) electrons. The number of ether oxygens (including phenoxy) is 1. The molecule has 0 aliphatic carbocycles. The van der Waals surface area contributed by atoms with E-state index in [9.17, 15) is 14.4 Å². The molecular weight excluding hydrogens is 368 g/mol. The topological polar surface area (TPSA) is 60.4 Å². The van der Waals surface area contributed by atoms with E-state index in [2.05, 4.69) is 0 Å². The van der Waals surface area contributed by atoms with Gasteiger partial charge >= 0.3 is 5.97 Å². The van der Waals surface area contributed by atoms with Crippen LogP contribution in [0.15, 0.2) is 64.0 Å². The maximum atomic E-state index is 13.2. The predicted octanol–water partition coefficient (Wildman–Crippen LogP) is 4.45. The van der Waals surface area contributed by atoms with Crippen LogP contribution in [0, 0.1) is 5.92 Å². The van der Waals surface area contributed by atoms with Crippen molar-refractivity contribution in [2.24, 2.45) is 5.92 Å². The summed E-state index contributed by atoms with van der Waals surface area (Å²) in [4.78, 5) is 38.9. The van der Waals surface area contributed by atoms with E-state index in [1.54, 1.807) is 57.9 Å². The molecule has 1 atom stereocenters. The molecule has 0 aliphatic rings. The third-order valence-electron chi connectivity index (χ3n) is 4.12. The highest BCUT2D eigenvalue weighted by molar-refractivity contribution is 7.08. The van der Waals surface area contributed by atoms with Crippen molar-refractivity contribution in [1.29, 1.82) is 0 Å². The molecule has 0 spiro atoms. The SMILES string of the molecule is COC(=O)C(c1ccccc1)C(C(=O)c1ccsc1)C(=O)c1ccsc1. The molecule has 0 saturated heterocycles. The zero-order valence-electron chi connectivity index (χ0n) is 14.0. The van der Waals surface area contributed by atoms with Gasteiger partial charge in [-0.1, -0.05) is 30.3 Å². The highest BCUT2D eigenvalue weighted by Crippen LogP contribution is 2.33. The first-order chi connectivity index (χ1) is 12.6. The fraction of sp³-hybridized carbons (Fsp3) is 0.150. The highest BCUT2D eigenvalue weighted by atomic mass is 32.1. The van der Waals surface area contributed by atoms with Crippen molar-refractivity contribution in [2.75, 3.05) is 7.11 Å². The van der Waals surface area contributed by atoms with Crippen LogP contribution in [0.25, 0.3) is 0 Å². The van der Waals surface area contributed by atoms with Crippen LogP contribution in [0.4, 0.5) is 0 Å². The largest absolute Gasteiger partial charge is 0.469 e. The summed E-state index contributed by atoms with van der Waals surface area (Å²) >= 11 is 2.74. The second-order valence-electron chi connectivity index (χ2n) is 5.64. The summed E-state index contributed by atoms with van der Waals surface area (Å²) in [6.07, 6.45) is 0. The van der Waals surface area contributed by atoms with Crippen LogP contribution in [0.3, 0.4) is 0 Å². The van der Waals surface area contributed by atoms with E-state index in [1.807, 2.05) is 6.07 Å². The molecule has 0 amide bonds. The Hall–Kier alpha value is -2.57. The van der Waals surface area contributed by atoms with Gasteiger partial charge in [0.25, 0.3) is 0 Å². The fourth-order valence-electron chi connectivity index (χ4n) is 2.84. The Kier molecular flexibility index (Phi) is 5.75. The number of benzene rings is 1. The minimum Gasteiger partial charge on any atom is -0.469 e. The second kappa shape index (κ2) is 8.21. The quantitative estimate of drug-likeness (QED) is 0.343. The molecule has 1 unspecified atom stereocenters. The molecule has 4 nitrogen and oxygen atoms in total. The molecule has 0 saturated carbocycles. The van der Waals surface area contributed by atoms with Crippen molar-refractivity contribution in [2.45, 2.75) is 5.92 Å². The van der Waals surface area contributed by atoms with E-state index in [4.69, 9.17) is 4.74 Å². The number of ketones is 2.